The highest BCUT2D eigenvalue weighted by atomic mass is 16.5. The Morgan fingerprint density at radius 3 is 2.73 bits per heavy atom. The molecule has 0 aromatic heterocycles. The van der Waals surface area contributed by atoms with Crippen LogP contribution >= 0.6 is 0 Å². The fraction of sp³-hybridized carbons (Fsp3) is 0.588. The molecule has 1 N–H and O–H groups in total. The minimum atomic E-state index is -0.295. The summed E-state index contributed by atoms with van der Waals surface area (Å²) < 4.78 is 5.56. The molecule has 5 heteroatoms. The van der Waals surface area contributed by atoms with E-state index in [1.807, 2.05) is 4.90 Å². The SMILES string of the molecule is Cc1ccccc1CN1CCN(C(=O)C2CNCCO2)CC1. The Hall–Kier alpha value is -1.43. The number of aryl methyl sites for hydroxylation is 1. The zero-order valence-corrected chi connectivity index (χ0v) is 13.3. The molecule has 1 aromatic rings. The van der Waals surface area contributed by atoms with Crippen LogP contribution in [0.25, 0.3) is 0 Å². The van der Waals surface area contributed by atoms with Crippen LogP contribution in [0.1, 0.15) is 11.1 Å². The number of amides is 1. The minimum absolute atomic E-state index is 0.141. The highest BCUT2D eigenvalue weighted by Gasteiger charge is 2.29. The van der Waals surface area contributed by atoms with Gasteiger partial charge in [0.25, 0.3) is 5.91 Å². The van der Waals surface area contributed by atoms with E-state index >= 15 is 0 Å². The zero-order valence-electron chi connectivity index (χ0n) is 13.3. The van der Waals surface area contributed by atoms with E-state index < -0.39 is 0 Å². The van der Waals surface area contributed by atoms with Crippen LogP contribution < -0.4 is 5.32 Å². The number of piperazine rings is 1. The first-order valence-corrected chi connectivity index (χ1v) is 8.12. The van der Waals surface area contributed by atoms with Gasteiger partial charge in [-0.25, -0.2) is 0 Å². The zero-order chi connectivity index (χ0) is 15.4. The lowest BCUT2D eigenvalue weighted by molar-refractivity contribution is -0.147. The third kappa shape index (κ3) is 3.66. The van der Waals surface area contributed by atoms with Crippen molar-refractivity contribution < 1.29 is 9.53 Å². The molecule has 5 nitrogen and oxygen atoms in total. The summed E-state index contributed by atoms with van der Waals surface area (Å²) in [6.45, 7) is 8.69. The first-order valence-electron chi connectivity index (χ1n) is 8.12. The van der Waals surface area contributed by atoms with E-state index in [0.717, 1.165) is 39.3 Å². The first-order chi connectivity index (χ1) is 10.7. The summed E-state index contributed by atoms with van der Waals surface area (Å²) in [5, 5.41) is 3.22. The molecular weight excluding hydrogens is 278 g/mol. The van der Waals surface area contributed by atoms with Gasteiger partial charge < -0.3 is 15.0 Å². The number of ether oxygens (including phenoxy) is 1. The Morgan fingerprint density at radius 2 is 2.05 bits per heavy atom. The number of morpholine rings is 1. The lowest BCUT2D eigenvalue weighted by atomic mass is 10.1. The molecule has 0 saturated carbocycles. The van der Waals surface area contributed by atoms with Crippen molar-refractivity contribution >= 4 is 5.91 Å². The molecule has 1 aromatic carbocycles. The first kappa shape index (κ1) is 15.5. The fourth-order valence-corrected chi connectivity index (χ4v) is 3.08. The summed E-state index contributed by atoms with van der Waals surface area (Å²) >= 11 is 0. The molecule has 2 aliphatic heterocycles. The van der Waals surface area contributed by atoms with Crippen molar-refractivity contribution in [1.29, 1.82) is 0 Å². The molecule has 120 valence electrons. The maximum atomic E-state index is 12.4. The minimum Gasteiger partial charge on any atom is -0.366 e. The van der Waals surface area contributed by atoms with Gasteiger partial charge in [0.2, 0.25) is 0 Å². The standard InChI is InChI=1S/C17H25N3O2/c1-14-4-2-3-5-15(14)13-19-7-9-20(10-8-19)17(21)16-12-18-6-11-22-16/h2-5,16,18H,6-13H2,1H3. The molecule has 0 aliphatic carbocycles. The van der Waals surface area contributed by atoms with Crippen molar-refractivity contribution in [3.05, 3.63) is 35.4 Å². The number of carbonyl (C=O) groups is 1. The number of nitrogens with one attached hydrogen (secondary N) is 1. The van der Waals surface area contributed by atoms with Gasteiger partial charge in [0.15, 0.2) is 0 Å². The number of hydrogen-bond donors (Lipinski definition) is 1. The highest BCUT2D eigenvalue weighted by Crippen LogP contribution is 2.13. The van der Waals surface area contributed by atoms with Crippen LogP contribution in [0.15, 0.2) is 24.3 Å². The van der Waals surface area contributed by atoms with Gasteiger partial charge in [0.05, 0.1) is 6.61 Å². The van der Waals surface area contributed by atoms with E-state index in [-0.39, 0.29) is 12.0 Å². The summed E-state index contributed by atoms with van der Waals surface area (Å²) in [5.74, 6) is 0.141. The lowest BCUT2D eigenvalue weighted by Gasteiger charge is -2.37. The van der Waals surface area contributed by atoms with Gasteiger partial charge in [-0.2, -0.15) is 0 Å². The van der Waals surface area contributed by atoms with E-state index in [0.29, 0.717) is 13.2 Å². The number of carbonyl (C=O) groups excluding carboxylic acids is 1. The molecule has 0 spiro atoms. The van der Waals surface area contributed by atoms with Crippen LogP contribution in [-0.4, -0.2) is 67.7 Å². The number of rotatable bonds is 3. The Kier molecular flexibility index (Phi) is 5.08. The highest BCUT2D eigenvalue weighted by molar-refractivity contribution is 5.81. The molecule has 22 heavy (non-hydrogen) atoms. The van der Waals surface area contributed by atoms with Gasteiger partial charge in [-0.3, -0.25) is 9.69 Å². The van der Waals surface area contributed by atoms with Crippen molar-refractivity contribution in [3.8, 4) is 0 Å². The van der Waals surface area contributed by atoms with Crippen LogP contribution in [0.3, 0.4) is 0 Å². The van der Waals surface area contributed by atoms with Gasteiger partial charge >= 0.3 is 0 Å². The molecule has 2 fully saturated rings. The van der Waals surface area contributed by atoms with E-state index in [9.17, 15) is 4.79 Å². The quantitative estimate of drug-likeness (QED) is 0.889. The van der Waals surface area contributed by atoms with Gasteiger partial charge in [0, 0.05) is 45.8 Å². The van der Waals surface area contributed by atoms with Crippen molar-refractivity contribution in [1.82, 2.24) is 15.1 Å². The van der Waals surface area contributed by atoms with Gasteiger partial charge in [-0.1, -0.05) is 24.3 Å². The Balaban J connectivity index is 1.50. The molecule has 1 amide bonds. The summed E-state index contributed by atoms with van der Waals surface area (Å²) in [4.78, 5) is 16.8. The second kappa shape index (κ2) is 7.22. The van der Waals surface area contributed by atoms with Crippen LogP contribution in [0.4, 0.5) is 0 Å². The molecular formula is C17H25N3O2. The Labute approximate surface area is 132 Å². The van der Waals surface area contributed by atoms with Gasteiger partial charge in [-0.05, 0) is 18.1 Å². The summed E-state index contributed by atoms with van der Waals surface area (Å²) in [6, 6.07) is 8.51. The van der Waals surface area contributed by atoms with Crippen molar-refractivity contribution in [2.24, 2.45) is 0 Å². The smallest absolute Gasteiger partial charge is 0.253 e. The summed E-state index contributed by atoms with van der Waals surface area (Å²) in [6.07, 6.45) is -0.295. The van der Waals surface area contributed by atoms with Gasteiger partial charge in [-0.15, -0.1) is 0 Å². The molecule has 3 rings (SSSR count). The Bertz CT molecular complexity index is 506. The van der Waals surface area contributed by atoms with Crippen molar-refractivity contribution in [2.75, 3.05) is 45.9 Å². The third-order valence-corrected chi connectivity index (χ3v) is 4.54. The average Bonchev–Trinajstić information content (AvgIpc) is 2.58. The van der Waals surface area contributed by atoms with E-state index in [1.54, 1.807) is 0 Å². The lowest BCUT2D eigenvalue weighted by Crippen LogP contribution is -2.54. The molecule has 0 radical (unpaired) electrons. The van der Waals surface area contributed by atoms with E-state index in [4.69, 9.17) is 4.74 Å². The molecule has 2 aliphatic rings. The fourth-order valence-electron chi connectivity index (χ4n) is 3.08. The second-order valence-corrected chi connectivity index (χ2v) is 6.09. The topological polar surface area (TPSA) is 44.8 Å². The third-order valence-electron chi connectivity index (χ3n) is 4.54. The predicted molar refractivity (Wildman–Crippen MR) is 85.6 cm³/mol. The molecule has 1 unspecified atom stereocenters. The largest absolute Gasteiger partial charge is 0.366 e. The normalized spacial score (nSPS) is 23.5. The van der Waals surface area contributed by atoms with Crippen LogP contribution in [-0.2, 0) is 16.1 Å². The van der Waals surface area contributed by atoms with Crippen molar-refractivity contribution in [2.45, 2.75) is 19.6 Å². The number of benzene rings is 1. The maximum Gasteiger partial charge on any atom is 0.253 e. The molecule has 2 heterocycles. The van der Waals surface area contributed by atoms with E-state index in [1.165, 1.54) is 11.1 Å². The summed E-state index contributed by atoms with van der Waals surface area (Å²) in [7, 11) is 0. The molecule has 0 bridgehead atoms. The van der Waals surface area contributed by atoms with Crippen LogP contribution in [0.2, 0.25) is 0 Å². The maximum absolute atomic E-state index is 12.4. The van der Waals surface area contributed by atoms with Gasteiger partial charge in [0.1, 0.15) is 6.10 Å². The van der Waals surface area contributed by atoms with E-state index in [2.05, 4.69) is 41.4 Å². The number of nitrogens with zero attached hydrogens (tertiary/aromatic N) is 2. The predicted octanol–water partition coefficient (Wildman–Crippen LogP) is 0.628. The summed E-state index contributed by atoms with van der Waals surface area (Å²) in [5.41, 5.74) is 2.71. The Morgan fingerprint density at radius 1 is 1.27 bits per heavy atom. The number of hydrogen-bond acceptors (Lipinski definition) is 4. The monoisotopic (exact) mass is 303 g/mol. The van der Waals surface area contributed by atoms with Crippen molar-refractivity contribution in [3.63, 3.8) is 0 Å². The second-order valence-electron chi connectivity index (χ2n) is 6.09. The molecule has 1 atom stereocenters. The van der Waals surface area contributed by atoms with Crippen LogP contribution in [0, 0.1) is 6.92 Å². The average molecular weight is 303 g/mol. The van der Waals surface area contributed by atoms with Crippen LogP contribution in [0.5, 0.6) is 0 Å². The molecule has 2 saturated heterocycles.